The largest absolute Gasteiger partial charge is 0.497 e. The van der Waals surface area contributed by atoms with Gasteiger partial charge in [-0.15, -0.1) is 0 Å². The number of anilines is 1. The summed E-state index contributed by atoms with van der Waals surface area (Å²) in [7, 11) is 3.58. The molecule has 1 aromatic heterocycles. The van der Waals surface area contributed by atoms with Crippen molar-refractivity contribution >= 4 is 11.8 Å². The first kappa shape index (κ1) is 21.4. The maximum absolute atomic E-state index is 5.69. The maximum atomic E-state index is 5.69. The van der Waals surface area contributed by atoms with Crippen LogP contribution >= 0.6 is 0 Å². The van der Waals surface area contributed by atoms with Gasteiger partial charge in [0.25, 0.3) is 0 Å². The zero-order valence-electron chi connectivity index (χ0n) is 18.6. The van der Waals surface area contributed by atoms with E-state index >= 15 is 0 Å². The van der Waals surface area contributed by atoms with Crippen LogP contribution in [0.25, 0.3) is 0 Å². The molecule has 1 N–H and O–H groups in total. The highest BCUT2D eigenvalue weighted by Gasteiger charge is 2.35. The molecular formula is C24H33N5O2. The van der Waals surface area contributed by atoms with Crippen molar-refractivity contribution in [3.8, 4) is 5.75 Å². The van der Waals surface area contributed by atoms with Gasteiger partial charge in [-0.25, -0.2) is 4.98 Å². The smallest absolute Gasteiger partial charge is 0.193 e. The Bertz CT molecular complexity index is 842. The van der Waals surface area contributed by atoms with Crippen molar-refractivity contribution in [2.75, 3.05) is 65.0 Å². The quantitative estimate of drug-likeness (QED) is 0.589. The number of rotatable bonds is 5. The van der Waals surface area contributed by atoms with Crippen LogP contribution in [0.5, 0.6) is 5.75 Å². The average molecular weight is 424 g/mol. The summed E-state index contributed by atoms with van der Waals surface area (Å²) in [6.45, 7) is 6.15. The van der Waals surface area contributed by atoms with Crippen molar-refractivity contribution in [3.63, 3.8) is 0 Å². The van der Waals surface area contributed by atoms with Gasteiger partial charge in [0, 0.05) is 64.6 Å². The number of pyridine rings is 1. The molecule has 7 heteroatoms. The van der Waals surface area contributed by atoms with Crippen molar-refractivity contribution in [2.24, 2.45) is 4.99 Å². The maximum Gasteiger partial charge on any atom is 0.193 e. The molecule has 2 aliphatic rings. The van der Waals surface area contributed by atoms with E-state index in [4.69, 9.17) is 9.47 Å². The van der Waals surface area contributed by atoms with Crippen LogP contribution in [0.4, 0.5) is 5.82 Å². The van der Waals surface area contributed by atoms with Gasteiger partial charge in [0.15, 0.2) is 5.96 Å². The topological polar surface area (TPSA) is 62.2 Å². The summed E-state index contributed by atoms with van der Waals surface area (Å²) in [6, 6.07) is 14.6. The van der Waals surface area contributed by atoms with Gasteiger partial charge in [0.2, 0.25) is 0 Å². The van der Waals surface area contributed by atoms with Crippen LogP contribution < -0.4 is 15.0 Å². The second-order valence-electron chi connectivity index (χ2n) is 8.18. The number of methoxy groups -OCH3 is 1. The normalized spacial score (nSPS) is 19.2. The molecule has 0 aliphatic carbocycles. The molecule has 2 saturated heterocycles. The summed E-state index contributed by atoms with van der Waals surface area (Å²) in [4.78, 5) is 13.8. The van der Waals surface area contributed by atoms with Crippen LogP contribution in [0, 0.1) is 0 Å². The second-order valence-corrected chi connectivity index (χ2v) is 8.18. The Hall–Kier alpha value is -2.80. The van der Waals surface area contributed by atoms with Gasteiger partial charge in [-0.2, -0.15) is 0 Å². The second kappa shape index (κ2) is 10.0. The molecule has 1 aromatic carbocycles. The van der Waals surface area contributed by atoms with Crippen molar-refractivity contribution in [3.05, 3.63) is 54.2 Å². The van der Waals surface area contributed by atoms with Crippen LogP contribution in [0.15, 0.2) is 53.7 Å². The zero-order valence-corrected chi connectivity index (χ0v) is 18.6. The molecule has 0 amide bonds. The molecule has 0 unspecified atom stereocenters. The van der Waals surface area contributed by atoms with E-state index in [0.717, 1.165) is 76.3 Å². The summed E-state index contributed by atoms with van der Waals surface area (Å²) < 4.78 is 11.0. The van der Waals surface area contributed by atoms with Crippen LogP contribution in [0.1, 0.15) is 18.4 Å². The van der Waals surface area contributed by atoms with Gasteiger partial charge in [0.05, 0.1) is 7.11 Å². The Labute approximate surface area is 185 Å². The lowest BCUT2D eigenvalue weighted by atomic mass is 9.74. The Morgan fingerprint density at radius 3 is 2.45 bits per heavy atom. The lowest BCUT2D eigenvalue weighted by molar-refractivity contribution is 0.0511. The number of nitrogens with one attached hydrogen (secondary N) is 1. The molecule has 31 heavy (non-hydrogen) atoms. The van der Waals surface area contributed by atoms with Crippen LogP contribution in [0.2, 0.25) is 0 Å². The first-order chi connectivity index (χ1) is 15.2. The third kappa shape index (κ3) is 4.93. The number of piperazine rings is 1. The Morgan fingerprint density at radius 1 is 1.10 bits per heavy atom. The Kier molecular flexibility index (Phi) is 6.92. The molecular weight excluding hydrogens is 390 g/mol. The number of ether oxygens (including phenoxy) is 2. The van der Waals surface area contributed by atoms with E-state index in [-0.39, 0.29) is 5.41 Å². The highest BCUT2D eigenvalue weighted by Crippen LogP contribution is 2.35. The van der Waals surface area contributed by atoms with Crippen molar-refractivity contribution in [1.82, 2.24) is 15.2 Å². The fourth-order valence-electron chi connectivity index (χ4n) is 4.54. The number of hydrogen-bond donors (Lipinski definition) is 1. The van der Waals surface area contributed by atoms with E-state index in [1.165, 1.54) is 5.56 Å². The van der Waals surface area contributed by atoms with E-state index in [9.17, 15) is 0 Å². The SMILES string of the molecule is CN=C(NCC1(c2ccc(OC)cc2)CCOCC1)N1CCN(c2ccccn2)CC1. The van der Waals surface area contributed by atoms with Gasteiger partial charge >= 0.3 is 0 Å². The standard InChI is InChI=1S/C24H33N5O2/c1-25-23(29-15-13-28(14-16-29)22-5-3-4-12-26-22)27-19-24(10-17-31-18-11-24)20-6-8-21(30-2)9-7-20/h3-9,12H,10-11,13-19H2,1-2H3,(H,25,27). The highest BCUT2D eigenvalue weighted by molar-refractivity contribution is 5.80. The molecule has 0 spiro atoms. The summed E-state index contributed by atoms with van der Waals surface area (Å²) >= 11 is 0. The van der Waals surface area contributed by atoms with Crippen LogP contribution in [0.3, 0.4) is 0 Å². The molecule has 0 atom stereocenters. The monoisotopic (exact) mass is 423 g/mol. The fraction of sp³-hybridized carbons (Fsp3) is 0.500. The minimum Gasteiger partial charge on any atom is -0.497 e. The molecule has 2 fully saturated rings. The zero-order chi connectivity index (χ0) is 21.5. The number of aliphatic imine (C=N–C) groups is 1. The van der Waals surface area contributed by atoms with Crippen molar-refractivity contribution in [1.29, 1.82) is 0 Å². The predicted octanol–water partition coefficient (Wildman–Crippen LogP) is 2.54. The lowest BCUT2D eigenvalue weighted by Crippen LogP contribution is -2.55. The molecule has 3 heterocycles. The van der Waals surface area contributed by atoms with Crippen LogP contribution in [-0.2, 0) is 10.2 Å². The minimum absolute atomic E-state index is 0.0379. The van der Waals surface area contributed by atoms with Gasteiger partial charge in [0.1, 0.15) is 11.6 Å². The first-order valence-corrected chi connectivity index (χ1v) is 11.1. The lowest BCUT2D eigenvalue weighted by Gasteiger charge is -2.41. The number of guanidine groups is 1. The third-order valence-corrected chi connectivity index (χ3v) is 6.50. The van der Waals surface area contributed by atoms with E-state index in [1.54, 1.807) is 7.11 Å². The summed E-state index contributed by atoms with van der Waals surface area (Å²) in [6.07, 6.45) is 3.85. The highest BCUT2D eigenvalue weighted by atomic mass is 16.5. The van der Waals surface area contributed by atoms with Gasteiger partial charge in [-0.1, -0.05) is 18.2 Å². The molecule has 7 nitrogen and oxygen atoms in total. The Morgan fingerprint density at radius 2 is 1.84 bits per heavy atom. The van der Waals surface area contributed by atoms with Crippen molar-refractivity contribution < 1.29 is 9.47 Å². The predicted molar refractivity (Wildman–Crippen MR) is 124 cm³/mol. The summed E-state index contributed by atoms with van der Waals surface area (Å²) in [5.74, 6) is 2.91. The molecule has 0 saturated carbocycles. The molecule has 2 aromatic rings. The number of benzene rings is 1. The van der Waals surface area contributed by atoms with E-state index in [0.29, 0.717) is 0 Å². The van der Waals surface area contributed by atoms with Gasteiger partial charge in [-0.05, 0) is 42.7 Å². The van der Waals surface area contributed by atoms with E-state index in [2.05, 4.69) is 55.4 Å². The molecule has 0 radical (unpaired) electrons. The average Bonchev–Trinajstić information content (AvgIpc) is 2.86. The first-order valence-electron chi connectivity index (χ1n) is 11.1. The van der Waals surface area contributed by atoms with Crippen LogP contribution in [-0.4, -0.2) is 75.9 Å². The number of nitrogens with zero attached hydrogens (tertiary/aromatic N) is 4. The molecule has 2 aliphatic heterocycles. The number of hydrogen-bond acceptors (Lipinski definition) is 5. The van der Waals surface area contributed by atoms with E-state index < -0.39 is 0 Å². The minimum atomic E-state index is 0.0379. The van der Waals surface area contributed by atoms with Gasteiger partial charge < -0.3 is 24.6 Å². The summed E-state index contributed by atoms with van der Waals surface area (Å²) in [5, 5.41) is 3.69. The van der Waals surface area contributed by atoms with Gasteiger partial charge in [-0.3, -0.25) is 4.99 Å². The fourth-order valence-corrected chi connectivity index (χ4v) is 4.54. The molecule has 166 valence electrons. The summed E-state index contributed by atoms with van der Waals surface area (Å²) in [5.41, 5.74) is 1.37. The molecule has 4 rings (SSSR count). The third-order valence-electron chi connectivity index (χ3n) is 6.50. The Balaban J connectivity index is 1.40. The van der Waals surface area contributed by atoms with Crippen molar-refractivity contribution in [2.45, 2.75) is 18.3 Å². The number of aromatic nitrogens is 1. The van der Waals surface area contributed by atoms with E-state index in [1.807, 2.05) is 25.4 Å². The molecule has 0 bridgehead atoms.